The molecule has 0 fully saturated rings. The fraction of sp³-hybridized carbons (Fsp3) is 0.182. The molecule has 3 nitrogen and oxygen atoms in total. The van der Waals surface area contributed by atoms with Crippen molar-refractivity contribution in [2.45, 2.75) is 12.5 Å². The second-order valence-electron chi connectivity index (χ2n) is 3.01. The average molecular weight is 267 g/mol. The van der Waals surface area contributed by atoms with Crippen molar-refractivity contribution in [3.8, 4) is 12.3 Å². The van der Waals surface area contributed by atoms with Crippen LogP contribution in [0, 0.1) is 12.3 Å². The van der Waals surface area contributed by atoms with E-state index in [1.54, 1.807) is 12.1 Å². The summed E-state index contributed by atoms with van der Waals surface area (Å²) in [4.78, 5) is 11.4. The van der Waals surface area contributed by atoms with Crippen LogP contribution >= 0.6 is 15.9 Å². The van der Waals surface area contributed by atoms with Gasteiger partial charge >= 0.3 is 0 Å². The van der Waals surface area contributed by atoms with Crippen LogP contribution in [0.25, 0.3) is 0 Å². The van der Waals surface area contributed by atoms with Crippen LogP contribution in [0.2, 0.25) is 0 Å². The predicted octanol–water partition coefficient (Wildman–Crippen LogP) is 1.74. The molecular weight excluding hydrogens is 256 g/mol. The summed E-state index contributed by atoms with van der Waals surface area (Å²) in [6, 6.07) is 6.58. The highest BCUT2D eigenvalue weighted by Crippen LogP contribution is 2.14. The molecule has 0 spiro atoms. The summed E-state index contributed by atoms with van der Waals surface area (Å²) in [5.74, 6) is 2.08. The number of hydrogen-bond acceptors (Lipinski definition) is 2. The first kappa shape index (κ1) is 11.8. The highest BCUT2D eigenvalue weighted by molar-refractivity contribution is 9.10. The van der Waals surface area contributed by atoms with Crippen molar-refractivity contribution in [3.05, 3.63) is 28.7 Å². The van der Waals surface area contributed by atoms with Crippen LogP contribution in [-0.2, 0) is 4.79 Å². The van der Waals surface area contributed by atoms with Gasteiger partial charge in [0.1, 0.15) is 0 Å². The van der Waals surface area contributed by atoms with Crippen LogP contribution < -0.4 is 11.1 Å². The molecule has 1 unspecified atom stereocenters. The highest BCUT2D eigenvalue weighted by atomic mass is 79.9. The van der Waals surface area contributed by atoms with Crippen molar-refractivity contribution < 1.29 is 4.79 Å². The number of nitrogens with one attached hydrogen (secondary N) is 1. The molecule has 0 saturated heterocycles. The zero-order valence-corrected chi connectivity index (χ0v) is 9.62. The van der Waals surface area contributed by atoms with Crippen molar-refractivity contribution in [1.29, 1.82) is 0 Å². The van der Waals surface area contributed by atoms with E-state index in [0.717, 1.165) is 4.47 Å². The van der Waals surface area contributed by atoms with Gasteiger partial charge in [-0.15, -0.1) is 12.3 Å². The number of halogens is 1. The molecule has 0 heterocycles. The monoisotopic (exact) mass is 266 g/mol. The Morgan fingerprint density at radius 3 is 2.67 bits per heavy atom. The number of carbonyl (C=O) groups excluding carboxylic acids is 1. The fourth-order valence-corrected chi connectivity index (χ4v) is 1.25. The molecule has 3 N–H and O–H groups in total. The summed E-state index contributed by atoms with van der Waals surface area (Å²) in [6.07, 6.45) is 5.30. The molecule has 1 aromatic rings. The molecule has 0 aromatic heterocycles. The van der Waals surface area contributed by atoms with Gasteiger partial charge in [0.15, 0.2) is 0 Å². The number of anilines is 1. The molecular formula is C11H11BrN2O. The van der Waals surface area contributed by atoms with E-state index in [4.69, 9.17) is 12.2 Å². The largest absolute Gasteiger partial charge is 0.325 e. The lowest BCUT2D eigenvalue weighted by Gasteiger charge is -2.09. The molecule has 0 bridgehead atoms. The molecule has 0 aliphatic rings. The molecule has 4 heteroatoms. The summed E-state index contributed by atoms with van der Waals surface area (Å²) in [5, 5.41) is 2.67. The normalized spacial score (nSPS) is 11.5. The van der Waals surface area contributed by atoms with Crippen LogP contribution in [0.4, 0.5) is 5.69 Å². The van der Waals surface area contributed by atoms with Crippen molar-refractivity contribution in [1.82, 2.24) is 0 Å². The lowest BCUT2D eigenvalue weighted by molar-refractivity contribution is -0.117. The molecule has 15 heavy (non-hydrogen) atoms. The van der Waals surface area contributed by atoms with Crippen molar-refractivity contribution in [3.63, 3.8) is 0 Å². The van der Waals surface area contributed by atoms with Gasteiger partial charge in [-0.2, -0.15) is 0 Å². The first-order chi connectivity index (χ1) is 7.13. The van der Waals surface area contributed by atoms with Crippen molar-refractivity contribution >= 4 is 27.5 Å². The van der Waals surface area contributed by atoms with Gasteiger partial charge in [-0.05, 0) is 24.3 Å². The van der Waals surface area contributed by atoms with Gasteiger partial charge in [-0.1, -0.05) is 15.9 Å². The Hall–Kier alpha value is -1.31. The number of benzene rings is 1. The number of terminal acetylenes is 1. The summed E-state index contributed by atoms with van der Waals surface area (Å²) < 4.78 is 0.952. The summed E-state index contributed by atoms with van der Waals surface area (Å²) in [7, 11) is 0. The summed E-state index contributed by atoms with van der Waals surface area (Å²) >= 11 is 3.30. The topological polar surface area (TPSA) is 55.1 Å². The van der Waals surface area contributed by atoms with Crippen molar-refractivity contribution in [2.24, 2.45) is 5.73 Å². The van der Waals surface area contributed by atoms with E-state index in [2.05, 4.69) is 27.2 Å². The van der Waals surface area contributed by atoms with Gasteiger partial charge in [0.2, 0.25) is 5.91 Å². The molecule has 78 valence electrons. The molecule has 0 aliphatic carbocycles. The standard InChI is InChI=1S/C11H11BrN2O/c1-2-3-10(13)11(15)14-9-6-4-8(12)5-7-9/h1,4-7,10H,3,13H2,(H,14,15). The van der Waals surface area contributed by atoms with Gasteiger partial charge in [0.05, 0.1) is 6.04 Å². The molecule has 1 atom stereocenters. The quantitative estimate of drug-likeness (QED) is 0.819. The number of rotatable bonds is 3. The second-order valence-corrected chi connectivity index (χ2v) is 3.93. The molecule has 1 aromatic carbocycles. The van der Waals surface area contributed by atoms with E-state index >= 15 is 0 Å². The van der Waals surface area contributed by atoms with E-state index in [9.17, 15) is 4.79 Å². The minimum absolute atomic E-state index is 0.238. The Bertz CT molecular complexity index is 381. The Morgan fingerprint density at radius 1 is 1.53 bits per heavy atom. The lowest BCUT2D eigenvalue weighted by atomic mass is 10.2. The first-order valence-electron chi connectivity index (χ1n) is 4.39. The zero-order chi connectivity index (χ0) is 11.3. The van der Waals surface area contributed by atoms with E-state index in [0.29, 0.717) is 5.69 Å². The minimum atomic E-state index is -0.654. The van der Waals surface area contributed by atoms with E-state index in [-0.39, 0.29) is 12.3 Å². The number of hydrogen-bond donors (Lipinski definition) is 2. The van der Waals surface area contributed by atoms with E-state index < -0.39 is 6.04 Å². The minimum Gasteiger partial charge on any atom is -0.325 e. The van der Waals surface area contributed by atoms with Crippen LogP contribution in [0.15, 0.2) is 28.7 Å². The maximum Gasteiger partial charge on any atom is 0.242 e. The van der Waals surface area contributed by atoms with Gasteiger partial charge < -0.3 is 11.1 Å². The lowest BCUT2D eigenvalue weighted by Crippen LogP contribution is -2.35. The second kappa shape index (κ2) is 5.54. The smallest absolute Gasteiger partial charge is 0.242 e. The third-order valence-electron chi connectivity index (χ3n) is 1.79. The maximum atomic E-state index is 11.4. The van der Waals surface area contributed by atoms with Gasteiger partial charge in [0.25, 0.3) is 0 Å². The molecule has 1 rings (SSSR count). The molecule has 0 radical (unpaired) electrons. The van der Waals surface area contributed by atoms with Gasteiger partial charge in [-0.25, -0.2) is 0 Å². The Kier molecular flexibility index (Phi) is 4.35. The highest BCUT2D eigenvalue weighted by Gasteiger charge is 2.11. The third kappa shape index (κ3) is 3.74. The van der Waals surface area contributed by atoms with Gasteiger partial charge in [-0.3, -0.25) is 4.79 Å². The Balaban J connectivity index is 2.59. The molecule has 0 saturated carbocycles. The van der Waals surface area contributed by atoms with E-state index in [1.165, 1.54) is 0 Å². The summed E-state index contributed by atoms with van der Waals surface area (Å²) in [6.45, 7) is 0. The van der Waals surface area contributed by atoms with E-state index in [1.807, 2.05) is 12.1 Å². The predicted molar refractivity (Wildman–Crippen MR) is 64.2 cm³/mol. The third-order valence-corrected chi connectivity index (χ3v) is 2.31. The van der Waals surface area contributed by atoms with Crippen LogP contribution in [-0.4, -0.2) is 11.9 Å². The number of carbonyl (C=O) groups is 1. The Morgan fingerprint density at radius 2 is 2.13 bits per heavy atom. The molecule has 1 amide bonds. The Labute approximate surface area is 97.2 Å². The number of amides is 1. The van der Waals surface area contributed by atoms with Crippen LogP contribution in [0.5, 0.6) is 0 Å². The SMILES string of the molecule is C#CCC(N)C(=O)Nc1ccc(Br)cc1. The van der Waals surface area contributed by atoms with Crippen molar-refractivity contribution in [2.75, 3.05) is 5.32 Å². The summed E-state index contributed by atoms with van der Waals surface area (Å²) in [5.41, 5.74) is 6.25. The van der Waals surface area contributed by atoms with Crippen LogP contribution in [0.3, 0.4) is 0 Å². The maximum absolute atomic E-state index is 11.4. The zero-order valence-electron chi connectivity index (χ0n) is 8.03. The fourth-order valence-electron chi connectivity index (χ4n) is 0.988. The first-order valence-corrected chi connectivity index (χ1v) is 5.18. The molecule has 0 aliphatic heterocycles. The van der Waals surface area contributed by atoms with Gasteiger partial charge in [0, 0.05) is 16.6 Å². The number of nitrogens with two attached hydrogens (primary N) is 1. The average Bonchev–Trinajstić information content (AvgIpc) is 2.22. The van der Waals surface area contributed by atoms with Crippen LogP contribution in [0.1, 0.15) is 6.42 Å².